The fraction of sp³-hybridized carbons (Fsp3) is 0.250. The van der Waals surface area contributed by atoms with Crippen molar-refractivity contribution in [2.45, 2.75) is 20.0 Å². The van der Waals surface area contributed by atoms with Crippen LogP contribution in [0, 0.1) is 11.3 Å². The molecule has 0 atom stereocenters. The monoisotopic (exact) mass is 229 g/mol. The number of para-hydroxylation sites is 1. The molecule has 0 saturated heterocycles. The molecule has 5 nitrogen and oxygen atoms in total. The highest BCUT2D eigenvalue weighted by Crippen LogP contribution is 2.32. The summed E-state index contributed by atoms with van der Waals surface area (Å²) in [5.41, 5.74) is 1.09. The Balaban J connectivity index is 2.55. The minimum atomic E-state index is -0.0360. The smallest absolute Gasteiger partial charge is 0.261 e. The molecule has 1 heterocycles. The number of rotatable bonds is 3. The Labute approximate surface area is 98.6 Å². The lowest BCUT2D eigenvalue weighted by atomic mass is 10.1. The van der Waals surface area contributed by atoms with E-state index in [4.69, 9.17) is 14.5 Å². The molecule has 0 amide bonds. The van der Waals surface area contributed by atoms with E-state index in [0.29, 0.717) is 22.8 Å². The highest BCUT2D eigenvalue weighted by Gasteiger charge is 2.16. The predicted molar refractivity (Wildman–Crippen MR) is 60.2 cm³/mol. The van der Waals surface area contributed by atoms with Crippen LogP contribution in [0.25, 0.3) is 11.5 Å². The number of aromatic nitrogens is 2. The average Bonchev–Trinajstić information content (AvgIpc) is 2.82. The van der Waals surface area contributed by atoms with Crippen molar-refractivity contribution in [3.05, 3.63) is 30.1 Å². The maximum Gasteiger partial charge on any atom is 0.261 e. The summed E-state index contributed by atoms with van der Waals surface area (Å²) in [6.45, 7) is 3.79. The summed E-state index contributed by atoms with van der Waals surface area (Å²) in [6.07, 6.45) is 1.28. The maximum absolute atomic E-state index is 9.06. The summed E-state index contributed by atoms with van der Waals surface area (Å²) in [7, 11) is 0. The van der Waals surface area contributed by atoms with E-state index in [0.717, 1.165) is 0 Å². The molecule has 0 radical (unpaired) electrons. The molecule has 0 saturated carbocycles. The number of hydrogen-bond donors (Lipinski definition) is 0. The van der Waals surface area contributed by atoms with E-state index in [1.807, 2.05) is 13.8 Å². The van der Waals surface area contributed by atoms with Crippen molar-refractivity contribution in [2.75, 3.05) is 0 Å². The molecule has 86 valence electrons. The van der Waals surface area contributed by atoms with Gasteiger partial charge in [-0.15, -0.1) is 0 Å². The van der Waals surface area contributed by atoms with Gasteiger partial charge in [-0.2, -0.15) is 10.2 Å². The highest BCUT2D eigenvalue weighted by atomic mass is 16.5. The standard InChI is InChI=1S/C12H11N3O2/c1-8(2)16-11-9(6-13)4-3-5-10(11)12-14-7-15-17-12/h3-5,7-8H,1-2H3. The molecule has 1 aromatic carbocycles. The molecule has 0 N–H and O–H groups in total. The van der Waals surface area contributed by atoms with E-state index in [1.165, 1.54) is 6.33 Å². The molecule has 0 spiro atoms. The van der Waals surface area contributed by atoms with Gasteiger partial charge in [-0.3, -0.25) is 0 Å². The third kappa shape index (κ3) is 2.26. The van der Waals surface area contributed by atoms with Gasteiger partial charge in [-0.1, -0.05) is 11.2 Å². The Morgan fingerprint density at radius 2 is 2.24 bits per heavy atom. The number of nitriles is 1. The summed E-state index contributed by atoms with van der Waals surface area (Å²) in [5.74, 6) is 0.826. The Hall–Kier alpha value is -2.35. The maximum atomic E-state index is 9.06. The van der Waals surface area contributed by atoms with Crippen molar-refractivity contribution in [3.63, 3.8) is 0 Å². The number of ether oxygens (including phenoxy) is 1. The fourth-order valence-corrected chi connectivity index (χ4v) is 1.45. The lowest BCUT2D eigenvalue weighted by Crippen LogP contribution is -2.08. The summed E-state index contributed by atoms with van der Waals surface area (Å²) >= 11 is 0. The molecule has 2 rings (SSSR count). The van der Waals surface area contributed by atoms with Gasteiger partial charge in [-0.25, -0.2) is 0 Å². The first kappa shape index (κ1) is 11.1. The van der Waals surface area contributed by atoms with Crippen molar-refractivity contribution in [3.8, 4) is 23.3 Å². The largest absolute Gasteiger partial charge is 0.489 e. The van der Waals surface area contributed by atoms with Gasteiger partial charge in [0, 0.05) is 0 Å². The summed E-state index contributed by atoms with van der Waals surface area (Å²) in [6, 6.07) is 7.32. The molecule has 0 aliphatic carbocycles. The zero-order chi connectivity index (χ0) is 12.3. The van der Waals surface area contributed by atoms with Crippen LogP contribution in [0.4, 0.5) is 0 Å². The summed E-state index contributed by atoms with van der Waals surface area (Å²) in [5, 5.41) is 12.6. The van der Waals surface area contributed by atoms with Crippen molar-refractivity contribution < 1.29 is 9.26 Å². The van der Waals surface area contributed by atoms with Crippen LogP contribution in [-0.2, 0) is 0 Å². The summed E-state index contributed by atoms with van der Waals surface area (Å²) < 4.78 is 10.6. The van der Waals surface area contributed by atoms with Gasteiger partial charge in [0.25, 0.3) is 5.89 Å². The van der Waals surface area contributed by atoms with Gasteiger partial charge in [0.2, 0.25) is 0 Å². The van der Waals surface area contributed by atoms with Gasteiger partial charge < -0.3 is 9.26 Å². The van der Waals surface area contributed by atoms with Crippen LogP contribution in [-0.4, -0.2) is 16.2 Å². The van der Waals surface area contributed by atoms with E-state index in [2.05, 4.69) is 16.2 Å². The number of nitrogens with zero attached hydrogens (tertiary/aromatic N) is 3. The summed E-state index contributed by atoms with van der Waals surface area (Å²) in [4.78, 5) is 3.96. The number of benzene rings is 1. The Bertz CT molecular complexity index is 541. The minimum absolute atomic E-state index is 0.0360. The first-order valence-electron chi connectivity index (χ1n) is 5.19. The minimum Gasteiger partial charge on any atom is -0.489 e. The molecule has 0 aliphatic heterocycles. The molecule has 5 heteroatoms. The molecule has 0 unspecified atom stereocenters. The second-order valence-electron chi connectivity index (χ2n) is 3.71. The van der Waals surface area contributed by atoms with Crippen molar-refractivity contribution in [1.82, 2.24) is 10.1 Å². The third-order valence-corrected chi connectivity index (χ3v) is 2.08. The topological polar surface area (TPSA) is 71.9 Å². The van der Waals surface area contributed by atoms with Gasteiger partial charge in [0.05, 0.1) is 17.2 Å². The van der Waals surface area contributed by atoms with Crippen molar-refractivity contribution >= 4 is 0 Å². The van der Waals surface area contributed by atoms with Crippen LogP contribution in [0.1, 0.15) is 19.4 Å². The van der Waals surface area contributed by atoms with Crippen LogP contribution in [0.3, 0.4) is 0 Å². The van der Waals surface area contributed by atoms with Crippen molar-refractivity contribution in [1.29, 1.82) is 5.26 Å². The molecular weight excluding hydrogens is 218 g/mol. The Kier molecular flexibility index (Phi) is 3.06. The van der Waals surface area contributed by atoms with E-state index >= 15 is 0 Å². The van der Waals surface area contributed by atoms with Crippen LogP contribution in [0.5, 0.6) is 5.75 Å². The fourth-order valence-electron chi connectivity index (χ4n) is 1.45. The normalized spacial score (nSPS) is 10.2. The van der Waals surface area contributed by atoms with Gasteiger partial charge in [0.15, 0.2) is 6.33 Å². The second kappa shape index (κ2) is 4.66. The third-order valence-electron chi connectivity index (χ3n) is 2.08. The van der Waals surface area contributed by atoms with Gasteiger partial charge in [0.1, 0.15) is 11.8 Å². The average molecular weight is 229 g/mol. The van der Waals surface area contributed by atoms with Crippen molar-refractivity contribution in [2.24, 2.45) is 0 Å². The quantitative estimate of drug-likeness (QED) is 0.808. The lowest BCUT2D eigenvalue weighted by Gasteiger charge is -2.13. The van der Waals surface area contributed by atoms with E-state index < -0.39 is 0 Å². The molecular formula is C12H11N3O2. The first-order valence-corrected chi connectivity index (χ1v) is 5.19. The molecule has 2 aromatic rings. The molecule has 0 bridgehead atoms. The van der Waals surface area contributed by atoms with Gasteiger partial charge >= 0.3 is 0 Å². The van der Waals surface area contributed by atoms with E-state index in [-0.39, 0.29) is 6.10 Å². The van der Waals surface area contributed by atoms with E-state index in [9.17, 15) is 0 Å². The Morgan fingerprint density at radius 1 is 1.41 bits per heavy atom. The van der Waals surface area contributed by atoms with Crippen LogP contribution in [0.2, 0.25) is 0 Å². The van der Waals surface area contributed by atoms with E-state index in [1.54, 1.807) is 18.2 Å². The zero-order valence-corrected chi connectivity index (χ0v) is 9.54. The molecule has 17 heavy (non-hydrogen) atoms. The molecule has 0 fully saturated rings. The van der Waals surface area contributed by atoms with Crippen LogP contribution < -0.4 is 4.74 Å². The number of hydrogen-bond acceptors (Lipinski definition) is 5. The highest BCUT2D eigenvalue weighted by molar-refractivity contribution is 5.67. The second-order valence-corrected chi connectivity index (χ2v) is 3.71. The molecule has 1 aromatic heterocycles. The van der Waals surface area contributed by atoms with Crippen LogP contribution >= 0.6 is 0 Å². The van der Waals surface area contributed by atoms with Crippen LogP contribution in [0.15, 0.2) is 29.0 Å². The zero-order valence-electron chi connectivity index (χ0n) is 9.54. The molecule has 0 aliphatic rings. The van der Waals surface area contributed by atoms with Gasteiger partial charge in [-0.05, 0) is 26.0 Å². The SMILES string of the molecule is CC(C)Oc1c(C#N)cccc1-c1ncno1. The lowest BCUT2D eigenvalue weighted by molar-refractivity contribution is 0.242. The first-order chi connectivity index (χ1) is 8.22. The Morgan fingerprint density at radius 3 is 2.82 bits per heavy atom. The predicted octanol–water partition coefficient (Wildman–Crippen LogP) is 2.40.